The van der Waals surface area contributed by atoms with Crippen LogP contribution >= 0.6 is 11.6 Å². The molecular weight excluding hydrogens is 230 g/mol. The van der Waals surface area contributed by atoms with E-state index < -0.39 is 5.79 Å². The van der Waals surface area contributed by atoms with Gasteiger partial charge in [0, 0.05) is 19.2 Å². The number of rotatable bonds is 5. The van der Waals surface area contributed by atoms with Crippen LogP contribution in [0.5, 0.6) is 5.75 Å². The van der Waals surface area contributed by atoms with Gasteiger partial charge < -0.3 is 19.9 Å². The summed E-state index contributed by atoms with van der Waals surface area (Å²) in [4.78, 5) is 0. The van der Waals surface area contributed by atoms with Gasteiger partial charge in [-0.3, -0.25) is 0 Å². The van der Waals surface area contributed by atoms with Gasteiger partial charge in [-0.2, -0.15) is 0 Å². The van der Waals surface area contributed by atoms with Crippen molar-refractivity contribution in [1.29, 1.82) is 0 Å². The summed E-state index contributed by atoms with van der Waals surface area (Å²) in [5.74, 6) is -0.408. The molecule has 0 unspecified atom stereocenters. The Hall–Kier alpha value is -0.810. The third-order valence-electron chi connectivity index (χ3n) is 2.50. The topological polar surface area (TPSA) is 53.7 Å². The smallest absolute Gasteiger partial charge is 0.210 e. The summed E-state index contributed by atoms with van der Waals surface area (Å²) in [6.07, 6.45) is 0. The fraction of sp³-hybridized carbons (Fsp3) is 0.455. The highest BCUT2D eigenvalue weighted by atomic mass is 35.5. The summed E-state index contributed by atoms with van der Waals surface area (Å²) in [7, 11) is 4.62. The maximum atomic E-state index is 5.94. The molecule has 0 bridgehead atoms. The van der Waals surface area contributed by atoms with Crippen LogP contribution in [0.25, 0.3) is 0 Å². The Bertz CT molecular complexity index is 345. The minimum Gasteiger partial charge on any atom is -0.496 e. The van der Waals surface area contributed by atoms with Gasteiger partial charge in [0.2, 0.25) is 5.79 Å². The van der Waals surface area contributed by atoms with Crippen LogP contribution in [0, 0.1) is 0 Å². The van der Waals surface area contributed by atoms with Gasteiger partial charge in [-0.05, 0) is 18.2 Å². The second-order valence-electron chi connectivity index (χ2n) is 3.21. The zero-order valence-electron chi connectivity index (χ0n) is 9.62. The zero-order chi connectivity index (χ0) is 12.2. The van der Waals surface area contributed by atoms with Crippen LogP contribution in [0.1, 0.15) is 5.56 Å². The van der Waals surface area contributed by atoms with Gasteiger partial charge in [0.25, 0.3) is 0 Å². The van der Waals surface area contributed by atoms with E-state index in [-0.39, 0.29) is 6.54 Å². The Morgan fingerprint density at radius 1 is 1.25 bits per heavy atom. The van der Waals surface area contributed by atoms with Crippen LogP contribution in [0.2, 0.25) is 5.02 Å². The number of methoxy groups -OCH3 is 3. The minimum atomic E-state index is -1.03. The quantitative estimate of drug-likeness (QED) is 0.803. The van der Waals surface area contributed by atoms with Crippen molar-refractivity contribution in [3.05, 3.63) is 28.8 Å². The molecule has 0 aromatic heterocycles. The molecule has 1 aromatic carbocycles. The second kappa shape index (κ2) is 5.50. The number of nitrogens with two attached hydrogens (primary N) is 1. The number of hydrogen-bond acceptors (Lipinski definition) is 4. The molecule has 0 aliphatic heterocycles. The van der Waals surface area contributed by atoms with Gasteiger partial charge in [-0.15, -0.1) is 0 Å². The lowest BCUT2D eigenvalue weighted by atomic mass is 10.0. The molecule has 1 rings (SSSR count). The van der Waals surface area contributed by atoms with Gasteiger partial charge in [0.1, 0.15) is 5.75 Å². The molecule has 0 aliphatic carbocycles. The lowest BCUT2D eigenvalue weighted by molar-refractivity contribution is -0.208. The fourth-order valence-electron chi connectivity index (χ4n) is 1.56. The van der Waals surface area contributed by atoms with Gasteiger partial charge in [-0.25, -0.2) is 0 Å². The van der Waals surface area contributed by atoms with E-state index in [9.17, 15) is 0 Å². The van der Waals surface area contributed by atoms with Crippen LogP contribution in [0.4, 0.5) is 0 Å². The first-order valence-electron chi connectivity index (χ1n) is 4.78. The summed E-state index contributed by atoms with van der Waals surface area (Å²) >= 11 is 5.94. The lowest BCUT2D eigenvalue weighted by Gasteiger charge is -2.31. The van der Waals surface area contributed by atoms with E-state index in [1.807, 2.05) is 0 Å². The lowest BCUT2D eigenvalue weighted by Crippen LogP contribution is -2.39. The van der Waals surface area contributed by atoms with E-state index in [0.717, 1.165) is 0 Å². The van der Waals surface area contributed by atoms with E-state index in [4.69, 9.17) is 31.5 Å². The maximum absolute atomic E-state index is 5.94. The van der Waals surface area contributed by atoms with Gasteiger partial charge in [0.15, 0.2) is 0 Å². The molecule has 0 atom stereocenters. The van der Waals surface area contributed by atoms with Crippen molar-refractivity contribution in [2.75, 3.05) is 27.9 Å². The highest BCUT2D eigenvalue weighted by Crippen LogP contribution is 2.34. The molecule has 0 saturated carbocycles. The Morgan fingerprint density at radius 2 is 1.88 bits per heavy atom. The minimum absolute atomic E-state index is 0.163. The Labute approximate surface area is 100 Å². The highest BCUT2D eigenvalue weighted by molar-refractivity contribution is 6.30. The molecule has 0 saturated heterocycles. The van der Waals surface area contributed by atoms with E-state index in [2.05, 4.69) is 0 Å². The SMILES string of the molecule is COc1ccc(Cl)cc1C(CN)(OC)OC. The summed E-state index contributed by atoms with van der Waals surface area (Å²) in [5, 5.41) is 0.572. The monoisotopic (exact) mass is 245 g/mol. The average Bonchev–Trinajstić information content (AvgIpc) is 2.32. The molecule has 90 valence electrons. The van der Waals surface area contributed by atoms with Crippen LogP contribution in [-0.2, 0) is 15.3 Å². The molecule has 5 heteroatoms. The molecule has 0 spiro atoms. The Kier molecular flexibility index (Phi) is 4.56. The molecule has 4 nitrogen and oxygen atoms in total. The first-order chi connectivity index (χ1) is 7.63. The largest absolute Gasteiger partial charge is 0.496 e. The van der Waals surface area contributed by atoms with Crippen LogP contribution in [-0.4, -0.2) is 27.9 Å². The molecule has 2 N–H and O–H groups in total. The van der Waals surface area contributed by atoms with Gasteiger partial charge in [-0.1, -0.05) is 11.6 Å². The molecule has 0 radical (unpaired) electrons. The van der Waals surface area contributed by atoms with E-state index in [1.54, 1.807) is 25.3 Å². The summed E-state index contributed by atoms with van der Waals surface area (Å²) in [5.41, 5.74) is 6.36. The molecule has 1 aromatic rings. The molecule has 0 amide bonds. The predicted molar refractivity (Wildman–Crippen MR) is 62.8 cm³/mol. The van der Waals surface area contributed by atoms with Crippen LogP contribution in [0.3, 0.4) is 0 Å². The van der Waals surface area contributed by atoms with Crippen molar-refractivity contribution in [3.8, 4) is 5.75 Å². The van der Waals surface area contributed by atoms with Gasteiger partial charge >= 0.3 is 0 Å². The fourth-order valence-corrected chi connectivity index (χ4v) is 1.73. The summed E-state index contributed by atoms with van der Waals surface area (Å²) in [6.45, 7) is 0.163. The molecular formula is C11H16ClNO3. The standard InChI is InChI=1S/C11H16ClNO3/c1-14-10-5-4-8(12)6-9(10)11(7-13,15-2)16-3/h4-6H,7,13H2,1-3H3. The first kappa shape index (κ1) is 13.3. The Morgan fingerprint density at radius 3 is 2.31 bits per heavy atom. The first-order valence-corrected chi connectivity index (χ1v) is 5.15. The third-order valence-corrected chi connectivity index (χ3v) is 2.74. The van der Waals surface area contributed by atoms with Crippen molar-refractivity contribution < 1.29 is 14.2 Å². The predicted octanol–water partition coefficient (Wildman–Crippen LogP) is 1.75. The van der Waals surface area contributed by atoms with E-state index >= 15 is 0 Å². The van der Waals surface area contributed by atoms with Crippen molar-refractivity contribution in [2.45, 2.75) is 5.79 Å². The van der Waals surface area contributed by atoms with E-state index in [0.29, 0.717) is 16.3 Å². The summed E-state index contributed by atoms with van der Waals surface area (Å²) < 4.78 is 15.9. The Balaban J connectivity index is 3.32. The zero-order valence-corrected chi connectivity index (χ0v) is 10.4. The van der Waals surface area contributed by atoms with Crippen molar-refractivity contribution in [3.63, 3.8) is 0 Å². The normalized spacial score (nSPS) is 11.6. The van der Waals surface area contributed by atoms with Gasteiger partial charge in [0.05, 0.1) is 19.2 Å². The van der Waals surface area contributed by atoms with Crippen LogP contribution < -0.4 is 10.5 Å². The molecule has 0 heterocycles. The molecule has 16 heavy (non-hydrogen) atoms. The number of benzene rings is 1. The van der Waals surface area contributed by atoms with Crippen molar-refractivity contribution in [1.82, 2.24) is 0 Å². The van der Waals surface area contributed by atoms with Crippen molar-refractivity contribution in [2.24, 2.45) is 5.73 Å². The van der Waals surface area contributed by atoms with Crippen molar-refractivity contribution >= 4 is 11.6 Å². The summed E-state index contributed by atoms with van der Waals surface area (Å²) in [6, 6.07) is 5.21. The maximum Gasteiger partial charge on any atom is 0.210 e. The highest BCUT2D eigenvalue weighted by Gasteiger charge is 2.33. The number of halogens is 1. The third kappa shape index (κ3) is 2.30. The number of hydrogen-bond donors (Lipinski definition) is 1. The number of ether oxygens (including phenoxy) is 3. The second-order valence-corrected chi connectivity index (χ2v) is 3.65. The van der Waals surface area contributed by atoms with E-state index in [1.165, 1.54) is 14.2 Å². The molecule has 0 fully saturated rings. The average molecular weight is 246 g/mol. The molecule has 0 aliphatic rings. The van der Waals surface area contributed by atoms with Crippen LogP contribution in [0.15, 0.2) is 18.2 Å².